The Morgan fingerprint density at radius 1 is 1.21 bits per heavy atom. The Morgan fingerprint density at radius 3 is 2.68 bits per heavy atom. The summed E-state index contributed by atoms with van der Waals surface area (Å²) in [6.45, 7) is 2.94. The molecule has 2 heterocycles. The van der Waals surface area contributed by atoms with Crippen molar-refractivity contribution in [3.05, 3.63) is 17.3 Å². The van der Waals surface area contributed by atoms with Crippen molar-refractivity contribution in [2.75, 3.05) is 24.6 Å². The highest BCUT2D eigenvalue weighted by molar-refractivity contribution is 6.34. The second-order valence-electron chi connectivity index (χ2n) is 5.60. The predicted molar refractivity (Wildman–Crippen MR) is 78.1 cm³/mol. The molecule has 0 bridgehead atoms. The minimum absolute atomic E-state index is 0.608. The molecule has 1 aliphatic carbocycles. The fourth-order valence-corrected chi connectivity index (χ4v) is 3.04. The Bertz CT molecular complexity index is 428. The number of nitrogens with zero attached hydrogens (tertiary/aromatic N) is 2. The first kappa shape index (κ1) is 13.0. The molecule has 3 nitrogen and oxygen atoms in total. The Balaban J connectivity index is 1.69. The summed E-state index contributed by atoms with van der Waals surface area (Å²) in [6, 6.07) is 2.00. The molecule has 0 radical (unpaired) electrons. The summed E-state index contributed by atoms with van der Waals surface area (Å²) in [5.41, 5.74) is 1.08. The molecular weight excluding hydrogens is 260 g/mol. The first-order valence-corrected chi connectivity index (χ1v) is 7.74. The number of piperidine rings is 1. The van der Waals surface area contributed by atoms with Crippen LogP contribution in [-0.2, 0) is 0 Å². The molecule has 1 saturated heterocycles. The molecule has 1 aliphatic heterocycles. The maximum Gasteiger partial charge on any atom is 0.234 e. The first-order valence-electron chi connectivity index (χ1n) is 7.37. The summed E-state index contributed by atoms with van der Waals surface area (Å²) in [4.78, 5) is 6.63. The van der Waals surface area contributed by atoms with Crippen LogP contribution in [0.1, 0.15) is 38.5 Å². The average Bonchev–Trinajstić information content (AvgIpc) is 2.40. The summed E-state index contributed by atoms with van der Waals surface area (Å²) in [6.07, 6.45) is 9.53. The molecule has 0 unspecified atom stereocenters. The maximum atomic E-state index is 6.46. The number of hydrogen-bond acceptors (Lipinski definition) is 3. The molecule has 1 aromatic heterocycles. The van der Waals surface area contributed by atoms with Gasteiger partial charge in [-0.25, -0.2) is 4.98 Å². The van der Waals surface area contributed by atoms with Crippen LogP contribution in [0.3, 0.4) is 0 Å². The van der Waals surface area contributed by atoms with Crippen molar-refractivity contribution >= 4 is 17.3 Å². The second kappa shape index (κ2) is 6.00. The van der Waals surface area contributed by atoms with Crippen molar-refractivity contribution in [1.82, 2.24) is 4.98 Å². The van der Waals surface area contributed by atoms with E-state index in [4.69, 9.17) is 16.3 Å². The topological polar surface area (TPSA) is 25.4 Å². The number of aromatic nitrogens is 1. The summed E-state index contributed by atoms with van der Waals surface area (Å²) in [5.74, 6) is 1.31. The van der Waals surface area contributed by atoms with Gasteiger partial charge < -0.3 is 9.64 Å². The van der Waals surface area contributed by atoms with Crippen LogP contribution < -0.4 is 9.64 Å². The van der Waals surface area contributed by atoms with E-state index in [9.17, 15) is 0 Å². The number of ether oxygens (including phenoxy) is 1. The SMILES string of the molecule is Clc1c(N2CCCCC2)ccnc1OCC1CCC1. The molecule has 0 amide bonds. The Hall–Kier alpha value is -0.960. The summed E-state index contributed by atoms with van der Waals surface area (Å²) < 4.78 is 5.80. The van der Waals surface area contributed by atoms with E-state index in [1.54, 1.807) is 0 Å². The molecule has 0 atom stereocenters. The number of anilines is 1. The predicted octanol–water partition coefficient (Wildman–Crippen LogP) is 3.90. The maximum absolute atomic E-state index is 6.46. The highest BCUT2D eigenvalue weighted by Gasteiger charge is 2.21. The van der Waals surface area contributed by atoms with Gasteiger partial charge in [-0.05, 0) is 44.1 Å². The lowest BCUT2D eigenvalue weighted by Gasteiger charge is -2.30. The van der Waals surface area contributed by atoms with Gasteiger partial charge in [0.25, 0.3) is 0 Å². The number of rotatable bonds is 4. The van der Waals surface area contributed by atoms with Crippen LogP contribution in [0, 0.1) is 5.92 Å². The third-order valence-electron chi connectivity index (χ3n) is 4.21. The molecule has 2 fully saturated rings. The molecule has 1 aromatic rings. The van der Waals surface area contributed by atoms with Crippen LogP contribution in [0.5, 0.6) is 5.88 Å². The van der Waals surface area contributed by atoms with E-state index in [1.165, 1.54) is 38.5 Å². The zero-order valence-electron chi connectivity index (χ0n) is 11.3. The van der Waals surface area contributed by atoms with Crippen LogP contribution in [-0.4, -0.2) is 24.7 Å². The molecule has 3 rings (SSSR count). The average molecular weight is 281 g/mol. The highest BCUT2D eigenvalue weighted by Crippen LogP contribution is 2.35. The Morgan fingerprint density at radius 2 is 2.00 bits per heavy atom. The molecular formula is C15H21ClN2O. The van der Waals surface area contributed by atoms with Crippen molar-refractivity contribution in [3.8, 4) is 5.88 Å². The molecule has 0 spiro atoms. The van der Waals surface area contributed by atoms with Gasteiger partial charge in [0.15, 0.2) is 0 Å². The molecule has 19 heavy (non-hydrogen) atoms. The van der Waals surface area contributed by atoms with E-state index in [0.29, 0.717) is 16.8 Å². The number of hydrogen-bond donors (Lipinski definition) is 0. The second-order valence-corrected chi connectivity index (χ2v) is 5.98. The molecule has 1 saturated carbocycles. The van der Waals surface area contributed by atoms with Crippen molar-refractivity contribution < 1.29 is 4.74 Å². The summed E-state index contributed by atoms with van der Waals surface area (Å²) in [5, 5.41) is 0.684. The standard InChI is InChI=1S/C15H21ClN2O/c16-14-13(18-9-2-1-3-10-18)7-8-17-15(14)19-11-12-5-4-6-12/h7-8,12H,1-6,9-11H2. The monoisotopic (exact) mass is 280 g/mol. The van der Waals surface area contributed by atoms with Crippen LogP contribution in [0.2, 0.25) is 5.02 Å². The third kappa shape index (κ3) is 2.97. The van der Waals surface area contributed by atoms with Crippen LogP contribution in [0.25, 0.3) is 0 Å². The van der Waals surface area contributed by atoms with Gasteiger partial charge in [0, 0.05) is 19.3 Å². The van der Waals surface area contributed by atoms with E-state index < -0.39 is 0 Å². The van der Waals surface area contributed by atoms with E-state index in [1.807, 2.05) is 12.3 Å². The number of halogens is 1. The van der Waals surface area contributed by atoms with Crippen molar-refractivity contribution in [2.24, 2.45) is 5.92 Å². The Kier molecular flexibility index (Phi) is 4.12. The van der Waals surface area contributed by atoms with Gasteiger partial charge in [0.1, 0.15) is 5.02 Å². The van der Waals surface area contributed by atoms with Gasteiger partial charge in [0.05, 0.1) is 12.3 Å². The minimum atomic E-state index is 0.608. The van der Waals surface area contributed by atoms with E-state index in [2.05, 4.69) is 9.88 Å². The molecule has 104 valence electrons. The van der Waals surface area contributed by atoms with E-state index in [0.717, 1.165) is 25.4 Å². The van der Waals surface area contributed by atoms with Gasteiger partial charge in [-0.15, -0.1) is 0 Å². The summed E-state index contributed by atoms with van der Waals surface area (Å²) in [7, 11) is 0. The van der Waals surface area contributed by atoms with Gasteiger partial charge in [-0.2, -0.15) is 0 Å². The molecule has 4 heteroatoms. The lowest BCUT2D eigenvalue weighted by Crippen LogP contribution is -2.29. The highest BCUT2D eigenvalue weighted by atomic mass is 35.5. The van der Waals surface area contributed by atoms with Crippen LogP contribution in [0.15, 0.2) is 12.3 Å². The van der Waals surface area contributed by atoms with Gasteiger partial charge >= 0.3 is 0 Å². The van der Waals surface area contributed by atoms with Gasteiger partial charge in [-0.3, -0.25) is 0 Å². The first-order chi connectivity index (χ1) is 9.34. The lowest BCUT2D eigenvalue weighted by molar-refractivity contribution is 0.176. The largest absolute Gasteiger partial charge is 0.476 e. The van der Waals surface area contributed by atoms with Gasteiger partial charge in [-0.1, -0.05) is 18.0 Å². The normalized spacial score (nSPS) is 20.2. The van der Waals surface area contributed by atoms with Crippen molar-refractivity contribution in [1.29, 1.82) is 0 Å². The fourth-order valence-electron chi connectivity index (χ4n) is 2.75. The zero-order valence-corrected chi connectivity index (χ0v) is 12.0. The summed E-state index contributed by atoms with van der Waals surface area (Å²) >= 11 is 6.46. The zero-order chi connectivity index (χ0) is 13.1. The lowest BCUT2D eigenvalue weighted by atomic mass is 9.86. The van der Waals surface area contributed by atoms with E-state index >= 15 is 0 Å². The molecule has 0 aromatic carbocycles. The minimum Gasteiger partial charge on any atom is -0.476 e. The van der Waals surface area contributed by atoms with Gasteiger partial charge in [0.2, 0.25) is 5.88 Å². The third-order valence-corrected chi connectivity index (χ3v) is 4.57. The van der Waals surface area contributed by atoms with E-state index in [-0.39, 0.29) is 0 Å². The quantitative estimate of drug-likeness (QED) is 0.836. The van der Waals surface area contributed by atoms with Crippen molar-refractivity contribution in [2.45, 2.75) is 38.5 Å². The Labute approximate surface area is 119 Å². The van der Waals surface area contributed by atoms with Crippen LogP contribution in [0.4, 0.5) is 5.69 Å². The number of pyridine rings is 1. The fraction of sp³-hybridized carbons (Fsp3) is 0.667. The smallest absolute Gasteiger partial charge is 0.234 e. The molecule has 2 aliphatic rings. The molecule has 0 N–H and O–H groups in total. The van der Waals surface area contributed by atoms with Crippen molar-refractivity contribution in [3.63, 3.8) is 0 Å². The van der Waals surface area contributed by atoms with Crippen LogP contribution >= 0.6 is 11.6 Å².